The summed E-state index contributed by atoms with van der Waals surface area (Å²) in [6, 6.07) is 6.83. The van der Waals surface area contributed by atoms with Crippen LogP contribution in [-0.4, -0.2) is 26.1 Å². The molecule has 0 bridgehead atoms. The maximum atomic E-state index is 12.1. The highest BCUT2D eigenvalue weighted by molar-refractivity contribution is 8.00. The number of rotatable bonds is 4. The minimum Gasteiger partial charge on any atom is -0.368 e. The second-order valence-corrected chi connectivity index (χ2v) is 5.83. The molecule has 0 unspecified atom stereocenters. The molecule has 0 radical (unpaired) electrons. The number of hydrogen-bond donors (Lipinski definition) is 3. The molecule has 0 aliphatic rings. The molecule has 1 aromatic heterocycles. The Labute approximate surface area is 130 Å². The lowest BCUT2D eigenvalue weighted by Gasteiger charge is -2.11. The van der Waals surface area contributed by atoms with Gasteiger partial charge in [-0.05, 0) is 31.2 Å². The van der Waals surface area contributed by atoms with E-state index in [2.05, 4.69) is 20.3 Å². The number of anilines is 3. The van der Waals surface area contributed by atoms with Crippen molar-refractivity contribution in [2.24, 2.45) is 0 Å². The number of nitrogen functional groups attached to an aromatic ring is 2. The SMILES string of the molecule is C[C@@H](Sc1nc(N)nc(N)n1)C(=O)Nc1ccc(Cl)cc1. The van der Waals surface area contributed by atoms with Gasteiger partial charge in [0.2, 0.25) is 17.8 Å². The van der Waals surface area contributed by atoms with E-state index >= 15 is 0 Å². The molecule has 5 N–H and O–H groups in total. The van der Waals surface area contributed by atoms with Crippen LogP contribution in [0, 0.1) is 0 Å². The van der Waals surface area contributed by atoms with Crippen LogP contribution in [0.1, 0.15) is 6.92 Å². The first-order valence-corrected chi connectivity index (χ1v) is 7.20. The molecule has 2 rings (SSSR count). The van der Waals surface area contributed by atoms with Crippen molar-refractivity contribution in [2.75, 3.05) is 16.8 Å². The maximum Gasteiger partial charge on any atom is 0.237 e. The first-order chi connectivity index (χ1) is 9.94. The van der Waals surface area contributed by atoms with Gasteiger partial charge < -0.3 is 16.8 Å². The Morgan fingerprint density at radius 3 is 2.33 bits per heavy atom. The zero-order valence-corrected chi connectivity index (χ0v) is 12.6. The predicted octanol–water partition coefficient (Wildman–Crippen LogP) is 1.81. The fourth-order valence-corrected chi connectivity index (χ4v) is 2.33. The lowest BCUT2D eigenvalue weighted by molar-refractivity contribution is -0.115. The summed E-state index contributed by atoms with van der Waals surface area (Å²) in [6.45, 7) is 1.73. The van der Waals surface area contributed by atoms with Crippen LogP contribution in [0.25, 0.3) is 0 Å². The Hall–Kier alpha value is -2.06. The van der Waals surface area contributed by atoms with Gasteiger partial charge in [0, 0.05) is 10.7 Å². The van der Waals surface area contributed by atoms with E-state index in [1.807, 2.05) is 0 Å². The van der Waals surface area contributed by atoms with Gasteiger partial charge in [-0.3, -0.25) is 4.79 Å². The molecule has 2 aromatic rings. The monoisotopic (exact) mass is 324 g/mol. The molecular weight excluding hydrogens is 312 g/mol. The van der Waals surface area contributed by atoms with Crippen molar-refractivity contribution in [3.63, 3.8) is 0 Å². The van der Waals surface area contributed by atoms with Gasteiger partial charge in [0.1, 0.15) is 0 Å². The van der Waals surface area contributed by atoms with E-state index in [1.54, 1.807) is 31.2 Å². The van der Waals surface area contributed by atoms with E-state index in [-0.39, 0.29) is 17.8 Å². The van der Waals surface area contributed by atoms with Crippen LogP contribution >= 0.6 is 23.4 Å². The van der Waals surface area contributed by atoms with E-state index < -0.39 is 5.25 Å². The van der Waals surface area contributed by atoms with Crippen molar-refractivity contribution >= 4 is 46.9 Å². The van der Waals surface area contributed by atoms with Gasteiger partial charge in [-0.1, -0.05) is 23.4 Å². The molecule has 0 aliphatic carbocycles. The number of nitrogens with zero attached hydrogens (tertiary/aromatic N) is 3. The van der Waals surface area contributed by atoms with Gasteiger partial charge in [0.05, 0.1) is 5.25 Å². The molecule has 1 heterocycles. The summed E-state index contributed by atoms with van der Waals surface area (Å²) < 4.78 is 0. The van der Waals surface area contributed by atoms with Crippen LogP contribution < -0.4 is 16.8 Å². The standard InChI is InChI=1S/C12H13ClN6OS/c1-6(21-12-18-10(14)17-11(15)19-12)9(20)16-8-4-2-7(13)3-5-8/h2-6H,1H3,(H,16,20)(H4,14,15,17,18,19)/t6-/m1/s1. The third-order valence-electron chi connectivity index (χ3n) is 2.41. The average molecular weight is 325 g/mol. The molecule has 0 saturated heterocycles. The number of halogens is 1. The van der Waals surface area contributed by atoms with Crippen LogP contribution in [0.3, 0.4) is 0 Å². The molecular formula is C12H13ClN6OS. The highest BCUT2D eigenvalue weighted by atomic mass is 35.5. The lowest BCUT2D eigenvalue weighted by Crippen LogP contribution is -2.22. The molecule has 1 amide bonds. The van der Waals surface area contributed by atoms with Crippen molar-refractivity contribution in [3.05, 3.63) is 29.3 Å². The topological polar surface area (TPSA) is 120 Å². The Bertz CT molecular complexity index is 630. The van der Waals surface area contributed by atoms with Crippen LogP contribution in [0.4, 0.5) is 17.6 Å². The summed E-state index contributed by atoms with van der Waals surface area (Å²) >= 11 is 6.93. The molecule has 0 spiro atoms. The number of benzene rings is 1. The van der Waals surface area contributed by atoms with E-state index in [0.717, 1.165) is 11.8 Å². The minimum absolute atomic E-state index is 0.0234. The van der Waals surface area contributed by atoms with Crippen LogP contribution in [0.2, 0.25) is 5.02 Å². The molecule has 110 valence electrons. The largest absolute Gasteiger partial charge is 0.368 e. The third kappa shape index (κ3) is 4.47. The number of aromatic nitrogens is 3. The Balaban J connectivity index is 2.00. The van der Waals surface area contributed by atoms with Gasteiger partial charge in [-0.2, -0.15) is 15.0 Å². The van der Waals surface area contributed by atoms with Crippen molar-refractivity contribution in [1.29, 1.82) is 0 Å². The van der Waals surface area contributed by atoms with Crippen molar-refractivity contribution in [3.8, 4) is 0 Å². The number of nitrogens with two attached hydrogens (primary N) is 2. The van der Waals surface area contributed by atoms with Gasteiger partial charge in [-0.15, -0.1) is 0 Å². The number of carbonyl (C=O) groups excluding carboxylic acids is 1. The zero-order valence-electron chi connectivity index (χ0n) is 11.1. The van der Waals surface area contributed by atoms with E-state index in [9.17, 15) is 4.79 Å². The number of carbonyl (C=O) groups is 1. The Morgan fingerprint density at radius 2 is 1.76 bits per heavy atom. The highest BCUT2D eigenvalue weighted by Crippen LogP contribution is 2.22. The third-order valence-corrected chi connectivity index (χ3v) is 3.63. The molecule has 1 atom stereocenters. The predicted molar refractivity (Wildman–Crippen MR) is 84.1 cm³/mol. The van der Waals surface area contributed by atoms with Crippen molar-refractivity contribution in [1.82, 2.24) is 15.0 Å². The number of hydrogen-bond acceptors (Lipinski definition) is 7. The summed E-state index contributed by atoms with van der Waals surface area (Å²) in [5.41, 5.74) is 11.6. The number of nitrogens with one attached hydrogen (secondary N) is 1. The summed E-state index contributed by atoms with van der Waals surface area (Å²) in [5, 5.41) is 3.25. The van der Waals surface area contributed by atoms with Gasteiger partial charge in [-0.25, -0.2) is 0 Å². The molecule has 0 saturated carbocycles. The first kappa shape index (κ1) is 15.3. The van der Waals surface area contributed by atoms with Crippen LogP contribution in [-0.2, 0) is 4.79 Å². The van der Waals surface area contributed by atoms with Crippen LogP contribution in [0.15, 0.2) is 29.4 Å². The second-order valence-electron chi connectivity index (χ2n) is 4.09. The zero-order chi connectivity index (χ0) is 15.4. The lowest BCUT2D eigenvalue weighted by atomic mass is 10.3. The Morgan fingerprint density at radius 1 is 1.19 bits per heavy atom. The summed E-state index contributed by atoms with van der Waals surface area (Å²) in [7, 11) is 0. The second kappa shape index (κ2) is 6.59. The van der Waals surface area contributed by atoms with Crippen molar-refractivity contribution < 1.29 is 4.79 Å². The van der Waals surface area contributed by atoms with Gasteiger partial charge in [0.15, 0.2) is 5.16 Å². The maximum absolute atomic E-state index is 12.1. The molecule has 7 nitrogen and oxygen atoms in total. The molecule has 0 fully saturated rings. The summed E-state index contributed by atoms with van der Waals surface area (Å²) in [5.74, 6) is -0.148. The minimum atomic E-state index is -0.429. The number of thioether (sulfide) groups is 1. The normalized spacial score (nSPS) is 11.9. The summed E-state index contributed by atoms with van der Waals surface area (Å²) in [6.07, 6.45) is 0. The first-order valence-electron chi connectivity index (χ1n) is 5.94. The van der Waals surface area contributed by atoms with Gasteiger partial charge >= 0.3 is 0 Å². The molecule has 21 heavy (non-hydrogen) atoms. The molecule has 0 aliphatic heterocycles. The smallest absolute Gasteiger partial charge is 0.237 e. The number of amides is 1. The fourth-order valence-electron chi connectivity index (χ4n) is 1.43. The van der Waals surface area contributed by atoms with E-state index in [4.69, 9.17) is 23.1 Å². The van der Waals surface area contributed by atoms with Crippen molar-refractivity contribution in [2.45, 2.75) is 17.3 Å². The highest BCUT2D eigenvalue weighted by Gasteiger charge is 2.17. The average Bonchev–Trinajstić information content (AvgIpc) is 2.40. The quantitative estimate of drug-likeness (QED) is 0.733. The van der Waals surface area contributed by atoms with E-state index in [1.165, 1.54) is 0 Å². The van der Waals surface area contributed by atoms with Crippen LogP contribution in [0.5, 0.6) is 0 Å². The fraction of sp³-hybridized carbons (Fsp3) is 0.167. The summed E-state index contributed by atoms with van der Waals surface area (Å²) in [4.78, 5) is 23.6. The van der Waals surface area contributed by atoms with Gasteiger partial charge in [0.25, 0.3) is 0 Å². The Kier molecular flexibility index (Phi) is 4.81. The van der Waals surface area contributed by atoms with E-state index in [0.29, 0.717) is 15.9 Å². The molecule has 1 aromatic carbocycles. The molecule has 9 heteroatoms.